The van der Waals surface area contributed by atoms with Gasteiger partial charge in [-0.15, -0.1) is 0 Å². The molecular weight excluding hydrogens is 150 g/mol. The van der Waals surface area contributed by atoms with Gasteiger partial charge in [-0.1, -0.05) is 6.92 Å². The summed E-state index contributed by atoms with van der Waals surface area (Å²) < 4.78 is 0. The van der Waals surface area contributed by atoms with E-state index in [-0.39, 0.29) is 0 Å². The van der Waals surface area contributed by atoms with E-state index >= 15 is 0 Å². The summed E-state index contributed by atoms with van der Waals surface area (Å²) in [4.78, 5) is 0. The average Bonchev–Trinajstić information content (AvgIpc) is 2.02. The number of rotatable bonds is 7. The minimum atomic E-state index is 0.552. The maximum Gasteiger partial charge on any atom is 0.0164 e. The topological polar surface area (TPSA) is 36.1 Å². The van der Waals surface area contributed by atoms with Gasteiger partial charge in [-0.2, -0.15) is 0 Å². The number of hydrogen-bond acceptors (Lipinski definition) is 3. The Morgan fingerprint density at radius 2 is 1.58 bits per heavy atom. The predicted molar refractivity (Wildman–Crippen MR) is 54.5 cm³/mol. The van der Waals surface area contributed by atoms with Crippen LogP contribution in [-0.4, -0.2) is 38.8 Å². The second-order valence-electron chi connectivity index (χ2n) is 3.33. The molecule has 0 radical (unpaired) electrons. The van der Waals surface area contributed by atoms with Gasteiger partial charge in [0, 0.05) is 25.2 Å². The molecule has 0 saturated heterocycles. The number of likely N-dealkylation sites (N-methyl/N-ethyl adjacent to an activating group) is 2. The zero-order valence-corrected chi connectivity index (χ0v) is 8.78. The highest BCUT2D eigenvalue weighted by Gasteiger charge is 2.02. The first-order chi connectivity index (χ1) is 5.70. The summed E-state index contributed by atoms with van der Waals surface area (Å²) in [5.74, 6) is 0. The first kappa shape index (κ1) is 11.9. The Morgan fingerprint density at radius 1 is 1.00 bits per heavy atom. The molecule has 0 aromatic heterocycles. The van der Waals surface area contributed by atoms with Crippen LogP contribution in [0.15, 0.2) is 0 Å². The molecule has 0 rings (SSSR count). The smallest absolute Gasteiger partial charge is 0.0164 e. The second-order valence-corrected chi connectivity index (χ2v) is 3.33. The Hall–Kier alpha value is -0.120. The largest absolute Gasteiger partial charge is 0.318 e. The summed E-state index contributed by atoms with van der Waals surface area (Å²) in [5, 5.41) is 9.94. The van der Waals surface area contributed by atoms with Gasteiger partial charge < -0.3 is 16.0 Å². The Balaban J connectivity index is 3.27. The minimum absolute atomic E-state index is 0.552. The average molecular weight is 173 g/mol. The highest BCUT2D eigenvalue weighted by Crippen LogP contribution is 1.81. The Morgan fingerprint density at radius 3 is 2.08 bits per heavy atom. The molecule has 0 aliphatic rings. The summed E-state index contributed by atoms with van der Waals surface area (Å²) in [7, 11) is 1.98. The molecule has 0 aromatic carbocycles. The summed E-state index contributed by atoms with van der Waals surface area (Å²) in [5.41, 5.74) is 0. The Kier molecular flexibility index (Phi) is 7.45. The highest BCUT2D eigenvalue weighted by atomic mass is 15.0. The molecule has 12 heavy (non-hydrogen) atoms. The van der Waals surface area contributed by atoms with Crippen LogP contribution >= 0.6 is 0 Å². The molecule has 0 saturated carbocycles. The van der Waals surface area contributed by atoms with Gasteiger partial charge in [-0.3, -0.25) is 0 Å². The Labute approximate surface area is 76.3 Å². The third kappa shape index (κ3) is 6.58. The molecule has 0 aromatic rings. The van der Waals surface area contributed by atoms with Gasteiger partial charge in [0.15, 0.2) is 0 Å². The van der Waals surface area contributed by atoms with E-state index in [1.54, 1.807) is 0 Å². The SMILES string of the molecule is CCN[C@H](C)CN[C@@H](C)CNC. The van der Waals surface area contributed by atoms with Gasteiger partial charge in [-0.25, -0.2) is 0 Å². The third-order valence-electron chi connectivity index (χ3n) is 1.84. The molecule has 0 bridgehead atoms. The van der Waals surface area contributed by atoms with E-state index in [2.05, 4.69) is 36.7 Å². The summed E-state index contributed by atoms with van der Waals surface area (Å²) in [6.07, 6.45) is 0. The van der Waals surface area contributed by atoms with Crippen molar-refractivity contribution in [1.82, 2.24) is 16.0 Å². The molecule has 0 aliphatic heterocycles. The molecule has 0 heterocycles. The maximum absolute atomic E-state index is 3.44. The van der Waals surface area contributed by atoms with E-state index in [4.69, 9.17) is 0 Å². The normalized spacial score (nSPS) is 16.0. The van der Waals surface area contributed by atoms with Gasteiger partial charge in [0.25, 0.3) is 0 Å². The van der Waals surface area contributed by atoms with Crippen molar-refractivity contribution in [3.8, 4) is 0 Å². The van der Waals surface area contributed by atoms with Crippen LogP contribution in [0.1, 0.15) is 20.8 Å². The fraction of sp³-hybridized carbons (Fsp3) is 1.00. The van der Waals surface area contributed by atoms with E-state index in [1.165, 1.54) is 0 Å². The predicted octanol–water partition coefficient (Wildman–Crippen LogP) is 0.182. The Bertz CT molecular complexity index is 83.8. The van der Waals surface area contributed by atoms with Crippen molar-refractivity contribution in [2.24, 2.45) is 0 Å². The summed E-state index contributed by atoms with van der Waals surface area (Å²) >= 11 is 0. The number of hydrogen-bond donors (Lipinski definition) is 3. The van der Waals surface area contributed by atoms with Gasteiger partial charge in [-0.05, 0) is 27.4 Å². The first-order valence-corrected chi connectivity index (χ1v) is 4.82. The van der Waals surface area contributed by atoms with Crippen LogP contribution in [0.2, 0.25) is 0 Å². The monoisotopic (exact) mass is 173 g/mol. The van der Waals surface area contributed by atoms with Crippen molar-refractivity contribution in [2.75, 3.05) is 26.7 Å². The molecule has 0 spiro atoms. The van der Waals surface area contributed by atoms with Crippen LogP contribution in [0.4, 0.5) is 0 Å². The summed E-state index contributed by atoms with van der Waals surface area (Å²) in [6, 6.07) is 1.12. The molecule has 2 atom stereocenters. The van der Waals surface area contributed by atoms with Crippen molar-refractivity contribution in [3.63, 3.8) is 0 Å². The fourth-order valence-corrected chi connectivity index (χ4v) is 1.18. The first-order valence-electron chi connectivity index (χ1n) is 4.82. The van der Waals surface area contributed by atoms with Crippen molar-refractivity contribution in [2.45, 2.75) is 32.9 Å². The van der Waals surface area contributed by atoms with Gasteiger partial charge >= 0.3 is 0 Å². The quantitative estimate of drug-likeness (QED) is 0.514. The van der Waals surface area contributed by atoms with Crippen molar-refractivity contribution < 1.29 is 0 Å². The van der Waals surface area contributed by atoms with Gasteiger partial charge in [0.2, 0.25) is 0 Å². The second kappa shape index (κ2) is 7.53. The standard InChI is InChI=1S/C9H23N3/c1-5-11-9(3)7-12-8(2)6-10-4/h8-12H,5-7H2,1-4H3/t8-,9+/m0/s1. The fourth-order valence-electron chi connectivity index (χ4n) is 1.18. The van der Waals surface area contributed by atoms with Crippen LogP contribution in [0.25, 0.3) is 0 Å². The van der Waals surface area contributed by atoms with E-state index < -0.39 is 0 Å². The third-order valence-corrected chi connectivity index (χ3v) is 1.84. The van der Waals surface area contributed by atoms with Gasteiger partial charge in [0.1, 0.15) is 0 Å². The van der Waals surface area contributed by atoms with E-state index in [0.717, 1.165) is 19.6 Å². The minimum Gasteiger partial charge on any atom is -0.318 e. The van der Waals surface area contributed by atoms with E-state index in [9.17, 15) is 0 Å². The van der Waals surface area contributed by atoms with Crippen molar-refractivity contribution in [1.29, 1.82) is 0 Å². The number of nitrogens with one attached hydrogen (secondary N) is 3. The molecule has 3 heteroatoms. The zero-order valence-electron chi connectivity index (χ0n) is 8.78. The molecule has 0 fully saturated rings. The molecule has 0 unspecified atom stereocenters. The maximum atomic E-state index is 3.44. The van der Waals surface area contributed by atoms with Crippen LogP contribution in [0.5, 0.6) is 0 Å². The van der Waals surface area contributed by atoms with E-state index in [0.29, 0.717) is 12.1 Å². The highest BCUT2D eigenvalue weighted by molar-refractivity contribution is 4.68. The lowest BCUT2D eigenvalue weighted by Crippen LogP contribution is -2.42. The molecular formula is C9H23N3. The van der Waals surface area contributed by atoms with Crippen molar-refractivity contribution >= 4 is 0 Å². The van der Waals surface area contributed by atoms with Crippen LogP contribution in [-0.2, 0) is 0 Å². The lowest BCUT2D eigenvalue weighted by molar-refractivity contribution is 0.459. The van der Waals surface area contributed by atoms with Crippen LogP contribution in [0.3, 0.4) is 0 Å². The summed E-state index contributed by atoms with van der Waals surface area (Å²) in [6.45, 7) is 9.63. The molecule has 3 nitrogen and oxygen atoms in total. The molecule has 74 valence electrons. The van der Waals surface area contributed by atoms with Gasteiger partial charge in [0.05, 0.1) is 0 Å². The van der Waals surface area contributed by atoms with Crippen LogP contribution in [0, 0.1) is 0 Å². The lowest BCUT2D eigenvalue weighted by Gasteiger charge is -2.17. The molecule has 3 N–H and O–H groups in total. The lowest BCUT2D eigenvalue weighted by atomic mass is 10.3. The zero-order chi connectivity index (χ0) is 9.40. The van der Waals surface area contributed by atoms with Crippen LogP contribution < -0.4 is 16.0 Å². The van der Waals surface area contributed by atoms with Crippen molar-refractivity contribution in [3.05, 3.63) is 0 Å². The molecule has 0 aliphatic carbocycles. The molecule has 0 amide bonds. The van der Waals surface area contributed by atoms with E-state index in [1.807, 2.05) is 7.05 Å².